The first-order chi connectivity index (χ1) is 9.62. The molecule has 4 nitrogen and oxygen atoms in total. The number of unbranched alkanes of at least 4 members (excludes halogenated alkanes) is 2. The lowest BCUT2D eigenvalue weighted by Gasteiger charge is -2.51. The monoisotopic (exact) mass is 410 g/mol. The minimum atomic E-state index is -0.487. The van der Waals surface area contributed by atoms with Crippen molar-refractivity contribution >= 4 is 28.6 Å². The van der Waals surface area contributed by atoms with E-state index >= 15 is 0 Å². The molecule has 3 atom stereocenters. The van der Waals surface area contributed by atoms with E-state index in [4.69, 9.17) is 4.74 Å². The minimum Gasteiger partial charge on any atom is -0.461 e. The van der Waals surface area contributed by atoms with Gasteiger partial charge >= 0.3 is 5.97 Å². The molecule has 3 unspecified atom stereocenters. The first-order valence-electron chi connectivity index (χ1n) is 7.94. The number of esters is 1. The molecule has 0 saturated carbocycles. The molecule has 0 aromatic carbocycles. The Morgan fingerprint density at radius 3 is 2.48 bits per heavy atom. The largest absolute Gasteiger partial charge is 0.461 e. The highest BCUT2D eigenvalue weighted by molar-refractivity contribution is 14.1. The van der Waals surface area contributed by atoms with E-state index in [0.29, 0.717) is 12.8 Å². The number of rotatable bonds is 6. The normalized spacial score (nSPS) is 30.9. The van der Waals surface area contributed by atoms with E-state index in [0.717, 1.165) is 25.7 Å². The zero-order valence-corrected chi connectivity index (χ0v) is 16.1. The molecule has 5 heteroatoms. The Morgan fingerprint density at radius 1 is 1.33 bits per heavy atom. The maximum atomic E-state index is 12.7. The lowest BCUT2D eigenvalue weighted by atomic mass is 9.76. The van der Waals surface area contributed by atoms with Crippen molar-refractivity contribution in [3.63, 3.8) is 0 Å². The smallest absolute Gasteiger partial charge is 0.318 e. The van der Waals surface area contributed by atoms with Gasteiger partial charge in [-0.1, -0.05) is 48.8 Å². The summed E-state index contributed by atoms with van der Waals surface area (Å²) in [7, 11) is 0. The summed E-state index contributed by atoms with van der Waals surface area (Å²) >= 11 is 2.07. The lowest BCUT2D eigenvalue weighted by molar-refractivity contribution is -0.305. The molecule has 0 bridgehead atoms. The summed E-state index contributed by atoms with van der Waals surface area (Å²) < 4.78 is 5.48. The molecule has 1 radical (unpaired) electrons. The van der Waals surface area contributed by atoms with Gasteiger partial charge in [0, 0.05) is 18.4 Å². The maximum absolute atomic E-state index is 12.7. The van der Waals surface area contributed by atoms with Gasteiger partial charge in [-0.3, -0.25) is 4.79 Å². The summed E-state index contributed by atoms with van der Waals surface area (Å²) in [6, 6.07) is 0. The van der Waals surface area contributed by atoms with Gasteiger partial charge in [0.15, 0.2) is 0 Å². The topological polar surface area (TPSA) is 49.4 Å². The van der Waals surface area contributed by atoms with Crippen molar-refractivity contribution in [2.24, 2.45) is 0 Å². The zero-order chi connectivity index (χ0) is 16.3. The van der Waals surface area contributed by atoms with Gasteiger partial charge in [-0.25, -0.2) is 0 Å². The van der Waals surface area contributed by atoms with Crippen molar-refractivity contribution in [3.05, 3.63) is 0 Å². The maximum Gasteiger partial charge on any atom is 0.318 e. The van der Waals surface area contributed by atoms with Gasteiger partial charge in [0.2, 0.25) is 0 Å². The Bertz CT molecular complexity index is 359. The molecular formula is C16H29INO3. The summed E-state index contributed by atoms with van der Waals surface area (Å²) in [6.07, 6.45) is 5.28. The molecule has 0 N–H and O–H groups in total. The summed E-state index contributed by atoms with van der Waals surface area (Å²) in [5.41, 5.74) is -0.922. The van der Waals surface area contributed by atoms with Crippen molar-refractivity contribution in [3.8, 4) is 0 Å². The molecule has 0 amide bonds. The third kappa shape index (κ3) is 5.06. The van der Waals surface area contributed by atoms with E-state index < -0.39 is 11.1 Å². The van der Waals surface area contributed by atoms with Crippen LogP contribution in [0.3, 0.4) is 0 Å². The van der Waals surface area contributed by atoms with Crippen LogP contribution >= 0.6 is 22.6 Å². The zero-order valence-electron chi connectivity index (χ0n) is 13.9. The summed E-state index contributed by atoms with van der Waals surface area (Å²) in [6.45, 7) is 9.91. The SMILES string of the molecule is CCCCCC1(C)CC(OC(=O)C(C)I)CC(C)(C)N1[O]. The number of nitrogens with zero attached hydrogens (tertiary/aromatic N) is 1. The number of hydrogen-bond acceptors (Lipinski definition) is 3. The second kappa shape index (κ2) is 7.59. The molecule has 0 spiro atoms. The molecule has 1 aliphatic rings. The fourth-order valence-electron chi connectivity index (χ4n) is 3.32. The van der Waals surface area contributed by atoms with E-state index in [1.807, 2.05) is 27.7 Å². The quantitative estimate of drug-likeness (QED) is 0.284. The van der Waals surface area contributed by atoms with E-state index in [1.54, 1.807) is 0 Å². The van der Waals surface area contributed by atoms with Crippen LogP contribution < -0.4 is 0 Å². The fraction of sp³-hybridized carbons (Fsp3) is 0.938. The third-order valence-electron chi connectivity index (χ3n) is 4.36. The first kappa shape index (κ1) is 19.2. The summed E-state index contributed by atoms with van der Waals surface area (Å²) in [5.74, 6) is -0.174. The third-order valence-corrected chi connectivity index (χ3v) is 4.87. The Morgan fingerprint density at radius 2 is 1.95 bits per heavy atom. The Balaban J connectivity index is 2.80. The van der Waals surface area contributed by atoms with Crippen molar-refractivity contribution in [2.75, 3.05) is 0 Å². The molecule has 123 valence electrons. The van der Waals surface area contributed by atoms with Crippen LogP contribution in [-0.2, 0) is 14.7 Å². The van der Waals surface area contributed by atoms with Crippen LogP contribution in [0.25, 0.3) is 0 Å². The minimum absolute atomic E-state index is 0.151. The van der Waals surface area contributed by atoms with Crippen molar-refractivity contribution in [1.29, 1.82) is 0 Å². The standard InChI is InChI=1S/C16H29INO3/c1-6-7-8-9-16(5)11-13(21-14(19)12(2)17)10-15(3,4)18(16)20/h12-13H,6-11H2,1-5H3. The summed E-state index contributed by atoms with van der Waals surface area (Å²) in [5, 5.41) is 14.0. The molecule has 0 aromatic rings. The molecule has 1 rings (SSSR count). The predicted molar refractivity (Wildman–Crippen MR) is 91.7 cm³/mol. The van der Waals surface area contributed by atoms with Gasteiger partial charge in [0.25, 0.3) is 0 Å². The van der Waals surface area contributed by atoms with E-state index in [-0.39, 0.29) is 16.0 Å². The van der Waals surface area contributed by atoms with Gasteiger partial charge < -0.3 is 4.74 Å². The van der Waals surface area contributed by atoms with Crippen LogP contribution in [0, 0.1) is 0 Å². The number of alkyl halides is 1. The molecule has 0 aliphatic carbocycles. The fourth-order valence-corrected chi connectivity index (χ4v) is 3.46. The molecule has 0 aromatic heterocycles. The Kier molecular flexibility index (Phi) is 6.93. The highest BCUT2D eigenvalue weighted by atomic mass is 127. The summed E-state index contributed by atoms with van der Waals surface area (Å²) in [4.78, 5) is 11.9. The first-order valence-corrected chi connectivity index (χ1v) is 9.19. The molecule has 21 heavy (non-hydrogen) atoms. The van der Waals surface area contributed by atoms with Gasteiger partial charge in [0.05, 0.1) is 5.54 Å². The number of carbonyl (C=O) groups is 1. The number of hydroxylamine groups is 2. The van der Waals surface area contributed by atoms with Crippen LogP contribution in [0.15, 0.2) is 0 Å². The van der Waals surface area contributed by atoms with Gasteiger partial charge in [-0.05, 0) is 34.1 Å². The molecule has 1 aliphatic heterocycles. The second-order valence-corrected chi connectivity index (χ2v) is 9.01. The van der Waals surface area contributed by atoms with E-state index in [2.05, 4.69) is 29.5 Å². The number of carbonyl (C=O) groups excluding carboxylic acids is 1. The Labute approximate surface area is 142 Å². The van der Waals surface area contributed by atoms with Crippen LogP contribution in [0.1, 0.15) is 73.1 Å². The second-order valence-electron chi connectivity index (χ2n) is 7.14. The van der Waals surface area contributed by atoms with Crippen LogP contribution in [-0.4, -0.2) is 32.1 Å². The number of halogens is 1. The van der Waals surface area contributed by atoms with Gasteiger partial charge in [-0.15, -0.1) is 10.3 Å². The van der Waals surface area contributed by atoms with E-state index in [9.17, 15) is 10.0 Å². The predicted octanol–water partition coefficient (Wildman–Crippen LogP) is 4.28. The molecule has 1 fully saturated rings. The number of ether oxygens (including phenoxy) is 1. The Hall–Kier alpha value is 0.120. The van der Waals surface area contributed by atoms with Crippen molar-refractivity contribution in [1.82, 2.24) is 5.06 Å². The average Bonchev–Trinajstić information content (AvgIpc) is 2.36. The number of hydrogen-bond donors (Lipinski definition) is 0. The van der Waals surface area contributed by atoms with Crippen LogP contribution in [0.2, 0.25) is 0 Å². The van der Waals surface area contributed by atoms with Gasteiger partial charge in [0.1, 0.15) is 10.0 Å². The molecular weight excluding hydrogens is 381 g/mol. The van der Waals surface area contributed by atoms with E-state index in [1.165, 1.54) is 5.06 Å². The highest BCUT2D eigenvalue weighted by Gasteiger charge is 2.49. The lowest BCUT2D eigenvalue weighted by Crippen LogP contribution is -2.61. The number of piperidine rings is 1. The highest BCUT2D eigenvalue weighted by Crippen LogP contribution is 2.41. The average molecular weight is 410 g/mol. The van der Waals surface area contributed by atoms with Crippen LogP contribution in [0.4, 0.5) is 0 Å². The van der Waals surface area contributed by atoms with Crippen LogP contribution in [0.5, 0.6) is 0 Å². The molecule has 1 heterocycles. The van der Waals surface area contributed by atoms with Crippen molar-refractivity contribution < 1.29 is 14.7 Å². The molecule has 1 saturated heterocycles. The van der Waals surface area contributed by atoms with Crippen molar-refractivity contribution in [2.45, 2.75) is 94.3 Å². The van der Waals surface area contributed by atoms with Gasteiger partial charge in [-0.2, -0.15) is 0 Å².